The molecule has 1 aromatic carbocycles. The van der Waals surface area contributed by atoms with Crippen molar-refractivity contribution in [1.82, 2.24) is 5.32 Å². The summed E-state index contributed by atoms with van der Waals surface area (Å²) in [4.78, 5) is 38.3. The van der Waals surface area contributed by atoms with E-state index in [0.29, 0.717) is 11.3 Å². The number of carbonyl (C=O) groups excluding carboxylic acids is 3. The lowest BCUT2D eigenvalue weighted by Gasteiger charge is -2.32. The first-order valence-electron chi connectivity index (χ1n) is 9.75. The van der Waals surface area contributed by atoms with Crippen LogP contribution in [0.1, 0.15) is 57.4 Å². The largest absolute Gasteiger partial charge is 0.465 e. The number of hydrogen-bond acceptors (Lipinski definition) is 5. The molecular formula is C21H27NO5. The molecule has 0 radical (unpaired) electrons. The minimum atomic E-state index is -1.28. The third-order valence-corrected chi connectivity index (χ3v) is 5.10. The van der Waals surface area contributed by atoms with E-state index in [9.17, 15) is 14.4 Å². The summed E-state index contributed by atoms with van der Waals surface area (Å²) in [7, 11) is 0. The summed E-state index contributed by atoms with van der Waals surface area (Å²) in [6.45, 7) is 4.02. The van der Waals surface area contributed by atoms with Gasteiger partial charge in [-0.3, -0.25) is 14.4 Å². The van der Waals surface area contributed by atoms with E-state index in [1.807, 2.05) is 13.8 Å². The molecular weight excluding hydrogens is 346 g/mol. The topological polar surface area (TPSA) is 81.7 Å². The van der Waals surface area contributed by atoms with Crippen LogP contribution in [0, 0.1) is 11.8 Å². The molecule has 2 aliphatic rings. The van der Waals surface area contributed by atoms with Crippen LogP contribution in [-0.4, -0.2) is 30.5 Å². The van der Waals surface area contributed by atoms with Crippen LogP contribution in [0.5, 0.6) is 5.75 Å². The molecule has 6 heteroatoms. The van der Waals surface area contributed by atoms with E-state index in [4.69, 9.17) is 9.47 Å². The number of ether oxygens (including phenoxy) is 2. The molecule has 1 aliphatic carbocycles. The van der Waals surface area contributed by atoms with E-state index in [1.165, 1.54) is 6.42 Å². The predicted molar refractivity (Wildman–Crippen MR) is 99.1 cm³/mol. The van der Waals surface area contributed by atoms with Gasteiger partial charge in [0.1, 0.15) is 5.75 Å². The first kappa shape index (κ1) is 19.4. The van der Waals surface area contributed by atoms with Gasteiger partial charge in [0.15, 0.2) is 5.92 Å². The summed E-state index contributed by atoms with van der Waals surface area (Å²) < 4.78 is 10.6. The van der Waals surface area contributed by atoms with Crippen molar-refractivity contribution in [3.8, 4) is 5.75 Å². The van der Waals surface area contributed by atoms with Crippen LogP contribution in [0.3, 0.4) is 0 Å². The van der Waals surface area contributed by atoms with Crippen LogP contribution in [0.15, 0.2) is 24.3 Å². The number of carbonyl (C=O) groups is 3. The third-order valence-electron chi connectivity index (χ3n) is 5.10. The average molecular weight is 373 g/mol. The van der Waals surface area contributed by atoms with Gasteiger partial charge in [-0.1, -0.05) is 51.3 Å². The Bertz CT molecular complexity index is 708. The standard InChI is InChI=1S/C21H27NO5/c1-13(2)12-26-20(24)18-17(19(23)22-14-8-4-3-5-9-14)15-10-6-7-11-16(15)27-21(18)25/h6-7,10-11,13-14,17-18H,3-5,8-9,12H2,1-2H3,(H,22,23)/t17-,18+/m0/s1. The Kier molecular flexibility index (Phi) is 6.14. The van der Waals surface area contributed by atoms with Crippen molar-refractivity contribution in [2.45, 2.75) is 57.9 Å². The van der Waals surface area contributed by atoms with Crippen molar-refractivity contribution in [1.29, 1.82) is 0 Å². The van der Waals surface area contributed by atoms with E-state index >= 15 is 0 Å². The average Bonchev–Trinajstić information content (AvgIpc) is 2.65. The summed E-state index contributed by atoms with van der Waals surface area (Å²) in [5, 5.41) is 3.05. The molecule has 1 heterocycles. The van der Waals surface area contributed by atoms with Crippen LogP contribution in [-0.2, 0) is 19.1 Å². The maximum absolute atomic E-state index is 13.1. The Balaban J connectivity index is 1.86. The Labute approximate surface area is 159 Å². The fourth-order valence-corrected chi connectivity index (χ4v) is 3.72. The first-order chi connectivity index (χ1) is 13.0. The Hall–Kier alpha value is -2.37. The van der Waals surface area contributed by atoms with E-state index in [-0.39, 0.29) is 24.5 Å². The highest BCUT2D eigenvalue weighted by Gasteiger charge is 2.47. The number of nitrogens with one attached hydrogen (secondary N) is 1. The highest BCUT2D eigenvalue weighted by molar-refractivity contribution is 6.04. The van der Waals surface area contributed by atoms with Gasteiger partial charge in [-0.25, -0.2) is 0 Å². The van der Waals surface area contributed by atoms with Gasteiger partial charge >= 0.3 is 11.9 Å². The van der Waals surface area contributed by atoms with Crippen molar-refractivity contribution >= 4 is 17.8 Å². The number of esters is 2. The van der Waals surface area contributed by atoms with Crippen molar-refractivity contribution in [3.05, 3.63) is 29.8 Å². The summed E-state index contributed by atoms with van der Waals surface area (Å²) in [6.07, 6.45) is 5.18. The summed E-state index contributed by atoms with van der Waals surface area (Å²) >= 11 is 0. The zero-order valence-corrected chi connectivity index (χ0v) is 15.9. The zero-order valence-electron chi connectivity index (χ0n) is 15.9. The molecule has 0 spiro atoms. The monoisotopic (exact) mass is 373 g/mol. The fourth-order valence-electron chi connectivity index (χ4n) is 3.72. The minimum Gasteiger partial charge on any atom is -0.465 e. The van der Waals surface area contributed by atoms with Gasteiger partial charge < -0.3 is 14.8 Å². The molecule has 27 heavy (non-hydrogen) atoms. The number of fused-ring (bicyclic) bond motifs is 1. The quantitative estimate of drug-likeness (QED) is 0.487. The molecule has 0 unspecified atom stereocenters. The summed E-state index contributed by atoms with van der Waals surface area (Å²) in [5.41, 5.74) is 0.553. The van der Waals surface area contributed by atoms with Gasteiger partial charge in [-0.05, 0) is 24.8 Å². The van der Waals surface area contributed by atoms with E-state index < -0.39 is 23.8 Å². The molecule has 1 aromatic rings. The number of para-hydroxylation sites is 1. The third kappa shape index (κ3) is 4.49. The highest BCUT2D eigenvalue weighted by atomic mass is 16.6. The van der Waals surface area contributed by atoms with E-state index in [1.54, 1.807) is 24.3 Å². The van der Waals surface area contributed by atoms with Crippen LogP contribution in [0.4, 0.5) is 0 Å². The fraction of sp³-hybridized carbons (Fsp3) is 0.571. The molecule has 2 atom stereocenters. The first-order valence-corrected chi connectivity index (χ1v) is 9.75. The molecule has 1 fully saturated rings. The van der Waals surface area contributed by atoms with E-state index in [0.717, 1.165) is 25.7 Å². The lowest BCUT2D eigenvalue weighted by Crippen LogP contribution is -2.47. The van der Waals surface area contributed by atoms with Crippen LogP contribution in [0.25, 0.3) is 0 Å². The lowest BCUT2D eigenvalue weighted by atomic mass is 9.82. The Morgan fingerprint density at radius 1 is 1.15 bits per heavy atom. The number of benzene rings is 1. The molecule has 146 valence electrons. The molecule has 0 saturated heterocycles. The van der Waals surface area contributed by atoms with Gasteiger partial charge in [-0.15, -0.1) is 0 Å². The SMILES string of the molecule is CC(C)COC(=O)[C@@H]1C(=O)Oc2ccccc2[C@@H]1C(=O)NC1CCCCC1. The van der Waals surface area contributed by atoms with Gasteiger partial charge in [0, 0.05) is 11.6 Å². The van der Waals surface area contributed by atoms with Crippen LogP contribution in [0.2, 0.25) is 0 Å². The second-order valence-electron chi connectivity index (χ2n) is 7.78. The lowest BCUT2D eigenvalue weighted by molar-refractivity contribution is -0.162. The summed E-state index contributed by atoms with van der Waals surface area (Å²) in [5.74, 6) is -3.48. The van der Waals surface area contributed by atoms with Crippen molar-refractivity contribution in [2.75, 3.05) is 6.61 Å². The molecule has 1 N–H and O–H groups in total. The van der Waals surface area contributed by atoms with Gasteiger partial charge in [0.25, 0.3) is 0 Å². The predicted octanol–water partition coefficient (Wildman–Crippen LogP) is 2.95. The Morgan fingerprint density at radius 2 is 1.85 bits per heavy atom. The highest BCUT2D eigenvalue weighted by Crippen LogP contribution is 2.39. The molecule has 6 nitrogen and oxygen atoms in total. The smallest absolute Gasteiger partial charge is 0.326 e. The van der Waals surface area contributed by atoms with Gasteiger partial charge in [0.05, 0.1) is 12.5 Å². The van der Waals surface area contributed by atoms with Gasteiger partial charge in [-0.2, -0.15) is 0 Å². The second-order valence-corrected chi connectivity index (χ2v) is 7.78. The zero-order chi connectivity index (χ0) is 19.4. The second kappa shape index (κ2) is 8.55. The summed E-state index contributed by atoms with van der Waals surface area (Å²) in [6, 6.07) is 6.97. The van der Waals surface area contributed by atoms with Gasteiger partial charge in [0.2, 0.25) is 5.91 Å². The molecule has 3 rings (SSSR count). The minimum absolute atomic E-state index is 0.0868. The molecule has 1 amide bonds. The maximum Gasteiger partial charge on any atom is 0.326 e. The number of hydrogen-bond donors (Lipinski definition) is 1. The molecule has 1 aliphatic heterocycles. The molecule has 0 bridgehead atoms. The Morgan fingerprint density at radius 3 is 2.56 bits per heavy atom. The van der Waals surface area contributed by atoms with E-state index in [2.05, 4.69) is 5.32 Å². The van der Waals surface area contributed by atoms with Crippen molar-refractivity contribution < 1.29 is 23.9 Å². The molecule has 1 saturated carbocycles. The van der Waals surface area contributed by atoms with Crippen molar-refractivity contribution in [2.24, 2.45) is 11.8 Å². The molecule has 0 aromatic heterocycles. The number of rotatable bonds is 5. The van der Waals surface area contributed by atoms with Crippen LogP contribution >= 0.6 is 0 Å². The number of amides is 1. The maximum atomic E-state index is 13.1. The normalized spacial score (nSPS) is 22.7. The van der Waals surface area contributed by atoms with Crippen molar-refractivity contribution in [3.63, 3.8) is 0 Å². The van der Waals surface area contributed by atoms with Crippen LogP contribution < -0.4 is 10.1 Å².